The van der Waals surface area contributed by atoms with E-state index in [0.29, 0.717) is 0 Å². The van der Waals surface area contributed by atoms with E-state index in [2.05, 4.69) is 38.3 Å². The highest BCUT2D eigenvalue weighted by Crippen LogP contribution is 2.20. The molecule has 0 fully saturated rings. The number of rotatable bonds is 2. The summed E-state index contributed by atoms with van der Waals surface area (Å²) in [5.74, 6) is 0. The number of hydrogen-bond acceptors (Lipinski definition) is 3. The number of thiazole rings is 1. The molecule has 0 spiro atoms. The fraction of sp³-hybridized carbons (Fsp3) is 0.400. The van der Waals surface area contributed by atoms with E-state index in [-0.39, 0.29) is 0 Å². The Morgan fingerprint density at radius 2 is 2.13 bits per heavy atom. The summed E-state index contributed by atoms with van der Waals surface area (Å²) in [6.07, 6.45) is 0. The van der Waals surface area contributed by atoms with Gasteiger partial charge in [-0.3, -0.25) is 4.68 Å². The second-order valence-electron chi connectivity index (χ2n) is 3.50. The van der Waals surface area contributed by atoms with Crippen LogP contribution >= 0.6 is 27.3 Å². The van der Waals surface area contributed by atoms with Crippen LogP contribution in [0, 0.1) is 20.8 Å². The van der Waals surface area contributed by atoms with Gasteiger partial charge >= 0.3 is 0 Å². The van der Waals surface area contributed by atoms with Crippen molar-refractivity contribution in [2.24, 2.45) is 0 Å². The first-order chi connectivity index (χ1) is 7.08. The average molecular weight is 286 g/mol. The second-order valence-corrected chi connectivity index (χ2v) is 5.36. The van der Waals surface area contributed by atoms with Gasteiger partial charge in [-0.2, -0.15) is 5.10 Å². The molecule has 0 aliphatic carbocycles. The Hall–Kier alpha value is -0.680. The highest BCUT2D eigenvalue weighted by atomic mass is 79.9. The molecule has 2 aromatic heterocycles. The summed E-state index contributed by atoms with van der Waals surface area (Å²) < 4.78 is 3.07. The van der Waals surface area contributed by atoms with Crippen LogP contribution in [0.3, 0.4) is 0 Å². The molecule has 5 heteroatoms. The van der Waals surface area contributed by atoms with Crippen molar-refractivity contribution < 1.29 is 0 Å². The molecule has 0 aliphatic heterocycles. The molecule has 0 saturated heterocycles. The van der Waals surface area contributed by atoms with E-state index >= 15 is 0 Å². The maximum atomic E-state index is 4.45. The summed E-state index contributed by atoms with van der Waals surface area (Å²) in [5.41, 5.74) is 3.26. The Labute approximate surface area is 101 Å². The van der Waals surface area contributed by atoms with Crippen molar-refractivity contribution in [3.8, 4) is 0 Å². The third kappa shape index (κ3) is 2.13. The van der Waals surface area contributed by atoms with Gasteiger partial charge in [-0.1, -0.05) is 0 Å². The van der Waals surface area contributed by atoms with Crippen molar-refractivity contribution in [3.63, 3.8) is 0 Å². The normalized spacial score (nSPS) is 10.9. The van der Waals surface area contributed by atoms with Gasteiger partial charge in [-0.05, 0) is 36.7 Å². The van der Waals surface area contributed by atoms with Crippen LogP contribution in [-0.4, -0.2) is 14.8 Å². The predicted octanol–water partition coefficient (Wildman–Crippen LogP) is 3.08. The number of aromatic nitrogens is 3. The Balaban J connectivity index is 2.28. The minimum absolute atomic E-state index is 0.753. The van der Waals surface area contributed by atoms with Gasteiger partial charge in [0.15, 0.2) is 0 Å². The zero-order valence-electron chi connectivity index (χ0n) is 8.91. The van der Waals surface area contributed by atoms with Gasteiger partial charge < -0.3 is 0 Å². The zero-order valence-corrected chi connectivity index (χ0v) is 11.3. The summed E-state index contributed by atoms with van der Waals surface area (Å²) in [4.78, 5) is 4.43. The lowest BCUT2D eigenvalue weighted by molar-refractivity contribution is 0.648. The minimum atomic E-state index is 0.753. The zero-order chi connectivity index (χ0) is 11.0. The van der Waals surface area contributed by atoms with Gasteiger partial charge in [-0.15, -0.1) is 11.3 Å². The predicted molar refractivity (Wildman–Crippen MR) is 65.4 cm³/mol. The summed E-state index contributed by atoms with van der Waals surface area (Å²) in [5, 5.41) is 7.63. The standard InChI is InChI=1S/C10H12BrN3S/c1-6-10(11)7(2)14(13-6)4-9-5-15-8(3)12-9/h5H,4H2,1-3H3. The molecule has 0 bridgehead atoms. The van der Waals surface area contributed by atoms with Crippen LogP contribution in [0.1, 0.15) is 22.1 Å². The Morgan fingerprint density at radius 1 is 1.40 bits per heavy atom. The topological polar surface area (TPSA) is 30.7 Å². The molecule has 3 nitrogen and oxygen atoms in total. The lowest BCUT2D eigenvalue weighted by atomic mass is 10.4. The van der Waals surface area contributed by atoms with E-state index in [0.717, 1.165) is 33.1 Å². The number of aryl methyl sites for hydroxylation is 2. The third-order valence-electron chi connectivity index (χ3n) is 2.27. The van der Waals surface area contributed by atoms with E-state index in [9.17, 15) is 0 Å². The number of halogens is 1. The van der Waals surface area contributed by atoms with Crippen molar-refractivity contribution in [2.75, 3.05) is 0 Å². The molecule has 0 unspecified atom stereocenters. The molecule has 0 amide bonds. The van der Waals surface area contributed by atoms with E-state index in [1.165, 1.54) is 0 Å². The molecule has 0 saturated carbocycles. The van der Waals surface area contributed by atoms with E-state index in [1.807, 2.05) is 18.5 Å². The molecular weight excluding hydrogens is 274 g/mol. The molecule has 0 atom stereocenters. The lowest BCUT2D eigenvalue weighted by Crippen LogP contribution is -2.04. The van der Waals surface area contributed by atoms with Crippen LogP contribution in [-0.2, 0) is 6.54 Å². The molecule has 2 aromatic rings. The van der Waals surface area contributed by atoms with Gasteiger partial charge in [0.05, 0.1) is 33.1 Å². The van der Waals surface area contributed by atoms with Crippen LogP contribution in [0.15, 0.2) is 9.85 Å². The molecule has 0 N–H and O–H groups in total. The van der Waals surface area contributed by atoms with Crippen molar-refractivity contribution in [1.82, 2.24) is 14.8 Å². The minimum Gasteiger partial charge on any atom is -0.262 e. The molecular formula is C10H12BrN3S. The van der Waals surface area contributed by atoms with E-state index < -0.39 is 0 Å². The summed E-state index contributed by atoms with van der Waals surface area (Å²) >= 11 is 5.19. The molecule has 0 radical (unpaired) electrons. The first-order valence-corrected chi connectivity index (χ1v) is 6.35. The van der Waals surface area contributed by atoms with Crippen LogP contribution < -0.4 is 0 Å². The maximum absolute atomic E-state index is 4.45. The average Bonchev–Trinajstić information content (AvgIpc) is 2.68. The molecule has 0 aromatic carbocycles. The van der Waals surface area contributed by atoms with Crippen molar-refractivity contribution in [3.05, 3.63) is 31.9 Å². The van der Waals surface area contributed by atoms with E-state index in [1.54, 1.807) is 11.3 Å². The van der Waals surface area contributed by atoms with Gasteiger partial charge in [0.2, 0.25) is 0 Å². The molecule has 2 heterocycles. The Kier molecular flexibility index (Phi) is 2.93. The number of nitrogens with zero attached hydrogens (tertiary/aromatic N) is 3. The van der Waals surface area contributed by atoms with Gasteiger partial charge in [0, 0.05) is 5.38 Å². The first kappa shape index (κ1) is 10.8. The van der Waals surface area contributed by atoms with Crippen LogP contribution in [0.4, 0.5) is 0 Å². The quantitative estimate of drug-likeness (QED) is 0.849. The monoisotopic (exact) mass is 285 g/mol. The summed E-state index contributed by atoms with van der Waals surface area (Å²) in [7, 11) is 0. The Bertz CT molecular complexity index is 487. The fourth-order valence-electron chi connectivity index (χ4n) is 1.46. The summed E-state index contributed by atoms with van der Waals surface area (Å²) in [6.45, 7) is 6.83. The van der Waals surface area contributed by atoms with Gasteiger partial charge in [0.25, 0.3) is 0 Å². The molecule has 15 heavy (non-hydrogen) atoms. The van der Waals surface area contributed by atoms with Gasteiger partial charge in [0.1, 0.15) is 0 Å². The van der Waals surface area contributed by atoms with Crippen LogP contribution in [0.25, 0.3) is 0 Å². The summed E-state index contributed by atoms with van der Waals surface area (Å²) in [6, 6.07) is 0. The van der Waals surface area contributed by atoms with Crippen molar-refractivity contribution >= 4 is 27.3 Å². The van der Waals surface area contributed by atoms with Crippen molar-refractivity contribution in [2.45, 2.75) is 27.3 Å². The molecule has 2 rings (SSSR count). The molecule has 80 valence electrons. The first-order valence-electron chi connectivity index (χ1n) is 4.68. The highest BCUT2D eigenvalue weighted by Gasteiger charge is 2.09. The van der Waals surface area contributed by atoms with Crippen LogP contribution in [0.5, 0.6) is 0 Å². The molecule has 0 aliphatic rings. The lowest BCUT2D eigenvalue weighted by Gasteiger charge is -2.00. The van der Waals surface area contributed by atoms with E-state index in [4.69, 9.17) is 0 Å². The number of hydrogen-bond donors (Lipinski definition) is 0. The smallest absolute Gasteiger partial charge is 0.0898 e. The maximum Gasteiger partial charge on any atom is 0.0898 e. The van der Waals surface area contributed by atoms with Gasteiger partial charge in [-0.25, -0.2) is 4.98 Å². The largest absolute Gasteiger partial charge is 0.262 e. The highest BCUT2D eigenvalue weighted by molar-refractivity contribution is 9.10. The third-order valence-corrected chi connectivity index (χ3v) is 4.24. The van der Waals surface area contributed by atoms with Crippen LogP contribution in [0.2, 0.25) is 0 Å². The Morgan fingerprint density at radius 3 is 2.60 bits per heavy atom. The fourth-order valence-corrected chi connectivity index (χ4v) is 2.35. The van der Waals surface area contributed by atoms with Crippen molar-refractivity contribution in [1.29, 1.82) is 0 Å². The second kappa shape index (κ2) is 4.06. The SMILES string of the molecule is Cc1nc(Cn2nc(C)c(Br)c2C)cs1.